The quantitative estimate of drug-likeness (QED) is 0.554. The first-order chi connectivity index (χ1) is 14.3. The number of aryl methyl sites for hydroxylation is 1. The fourth-order valence-electron chi connectivity index (χ4n) is 2.90. The van der Waals surface area contributed by atoms with Gasteiger partial charge in [0.15, 0.2) is 17.7 Å². The number of fused-ring (bicyclic) bond motifs is 1. The Morgan fingerprint density at radius 3 is 2.50 bits per heavy atom. The van der Waals surface area contributed by atoms with Crippen LogP contribution in [0.15, 0.2) is 42.5 Å². The van der Waals surface area contributed by atoms with Gasteiger partial charge in [0.25, 0.3) is 17.7 Å². The molecule has 2 N–H and O–H groups in total. The van der Waals surface area contributed by atoms with Crippen LogP contribution >= 0.6 is 0 Å². The fraction of sp³-hybridized carbons (Fsp3) is 0.238. The number of hydrazine groups is 1. The lowest BCUT2D eigenvalue weighted by molar-refractivity contribution is -0.132. The van der Waals surface area contributed by atoms with Crippen LogP contribution in [0.4, 0.5) is 4.39 Å². The van der Waals surface area contributed by atoms with E-state index in [2.05, 4.69) is 10.9 Å². The van der Waals surface area contributed by atoms with Crippen molar-refractivity contribution in [2.75, 3.05) is 6.54 Å². The highest BCUT2D eigenvalue weighted by Gasteiger charge is 2.35. The number of rotatable bonds is 6. The average molecular weight is 413 g/mol. The van der Waals surface area contributed by atoms with E-state index in [0.29, 0.717) is 11.1 Å². The van der Waals surface area contributed by atoms with Gasteiger partial charge in [0.05, 0.1) is 11.1 Å². The molecule has 2 aromatic carbocycles. The van der Waals surface area contributed by atoms with E-state index in [4.69, 9.17) is 4.74 Å². The van der Waals surface area contributed by atoms with Crippen LogP contribution in [-0.4, -0.2) is 41.2 Å². The first-order valence-corrected chi connectivity index (χ1v) is 9.24. The van der Waals surface area contributed by atoms with Crippen LogP contribution in [0.2, 0.25) is 0 Å². The number of carbonyl (C=O) groups excluding carboxylic acids is 4. The Labute approximate surface area is 172 Å². The maximum absolute atomic E-state index is 13.6. The van der Waals surface area contributed by atoms with Gasteiger partial charge in [0.1, 0.15) is 0 Å². The number of para-hydroxylation sites is 1. The largest absolute Gasteiger partial charge is 0.478 e. The molecule has 1 unspecified atom stereocenters. The Hall–Kier alpha value is -3.75. The van der Waals surface area contributed by atoms with E-state index in [0.717, 1.165) is 10.5 Å². The van der Waals surface area contributed by atoms with Gasteiger partial charge in [-0.2, -0.15) is 0 Å². The molecule has 0 saturated carbocycles. The van der Waals surface area contributed by atoms with Crippen molar-refractivity contribution in [1.82, 2.24) is 15.8 Å². The molecule has 0 radical (unpaired) electrons. The highest BCUT2D eigenvalue weighted by molar-refractivity contribution is 6.21. The number of amides is 4. The molecule has 0 bridgehead atoms. The van der Waals surface area contributed by atoms with Crippen LogP contribution in [0, 0.1) is 12.7 Å². The molecule has 1 aliphatic rings. The second-order valence-electron chi connectivity index (χ2n) is 6.79. The number of imide groups is 1. The van der Waals surface area contributed by atoms with E-state index in [-0.39, 0.29) is 18.7 Å². The van der Waals surface area contributed by atoms with Crippen molar-refractivity contribution in [3.63, 3.8) is 0 Å². The van der Waals surface area contributed by atoms with Crippen molar-refractivity contribution in [1.29, 1.82) is 0 Å². The van der Waals surface area contributed by atoms with Crippen molar-refractivity contribution in [3.05, 3.63) is 65.0 Å². The molecule has 156 valence electrons. The lowest BCUT2D eigenvalue weighted by Crippen LogP contribution is -2.48. The number of hydrogen-bond donors (Lipinski definition) is 2. The van der Waals surface area contributed by atoms with Gasteiger partial charge in [0, 0.05) is 13.0 Å². The summed E-state index contributed by atoms with van der Waals surface area (Å²) in [6, 6.07) is 10.6. The number of halogens is 1. The molecule has 1 aliphatic heterocycles. The molecule has 0 spiro atoms. The number of nitrogens with one attached hydrogen (secondary N) is 2. The van der Waals surface area contributed by atoms with Crippen LogP contribution < -0.4 is 15.6 Å². The van der Waals surface area contributed by atoms with Crippen molar-refractivity contribution >= 4 is 23.6 Å². The van der Waals surface area contributed by atoms with Crippen molar-refractivity contribution in [2.45, 2.75) is 26.4 Å². The Bertz CT molecular complexity index is 1020. The van der Waals surface area contributed by atoms with Crippen LogP contribution in [0.25, 0.3) is 0 Å². The van der Waals surface area contributed by atoms with Gasteiger partial charge in [-0.1, -0.05) is 23.8 Å². The zero-order valence-corrected chi connectivity index (χ0v) is 16.4. The molecule has 8 nitrogen and oxygen atoms in total. The molecule has 4 amide bonds. The first kappa shape index (κ1) is 21.0. The Morgan fingerprint density at radius 1 is 1.07 bits per heavy atom. The summed E-state index contributed by atoms with van der Waals surface area (Å²) in [5, 5.41) is 0. The van der Waals surface area contributed by atoms with E-state index >= 15 is 0 Å². The van der Waals surface area contributed by atoms with Crippen LogP contribution in [0.1, 0.15) is 39.6 Å². The third kappa shape index (κ3) is 4.45. The highest BCUT2D eigenvalue weighted by atomic mass is 19.1. The number of ether oxygens (including phenoxy) is 1. The third-order valence-electron chi connectivity index (χ3n) is 4.52. The minimum atomic E-state index is -1.07. The lowest BCUT2D eigenvalue weighted by atomic mass is 10.1. The summed E-state index contributed by atoms with van der Waals surface area (Å²) in [7, 11) is 0. The van der Waals surface area contributed by atoms with Gasteiger partial charge in [-0.25, -0.2) is 4.39 Å². The van der Waals surface area contributed by atoms with E-state index in [9.17, 15) is 23.6 Å². The van der Waals surface area contributed by atoms with Gasteiger partial charge < -0.3 is 4.74 Å². The number of nitrogens with zero attached hydrogens (tertiary/aromatic N) is 1. The Kier molecular flexibility index (Phi) is 6.10. The van der Waals surface area contributed by atoms with Gasteiger partial charge in [-0.15, -0.1) is 0 Å². The molecule has 1 heterocycles. The summed E-state index contributed by atoms with van der Waals surface area (Å²) in [4.78, 5) is 49.7. The predicted octanol–water partition coefficient (Wildman–Crippen LogP) is 1.74. The Balaban J connectivity index is 1.47. The maximum atomic E-state index is 13.6. The molecule has 2 aromatic rings. The third-order valence-corrected chi connectivity index (χ3v) is 4.52. The van der Waals surface area contributed by atoms with Crippen LogP contribution in [0.5, 0.6) is 5.75 Å². The topological polar surface area (TPSA) is 105 Å². The fourth-order valence-corrected chi connectivity index (χ4v) is 2.90. The molecule has 0 saturated heterocycles. The molecular formula is C21H20FN3O5. The normalized spacial score (nSPS) is 13.6. The van der Waals surface area contributed by atoms with Crippen LogP contribution in [0.3, 0.4) is 0 Å². The second-order valence-corrected chi connectivity index (χ2v) is 6.79. The zero-order valence-electron chi connectivity index (χ0n) is 16.4. The summed E-state index contributed by atoms with van der Waals surface area (Å²) in [5.74, 6) is -2.91. The molecule has 3 rings (SSSR count). The van der Waals surface area contributed by atoms with Gasteiger partial charge >= 0.3 is 0 Å². The van der Waals surface area contributed by atoms with Gasteiger partial charge in [-0.05, 0) is 38.1 Å². The van der Waals surface area contributed by atoms with Crippen molar-refractivity contribution < 1.29 is 28.3 Å². The van der Waals surface area contributed by atoms with E-state index in [1.807, 2.05) is 6.92 Å². The number of hydrogen-bond acceptors (Lipinski definition) is 5. The van der Waals surface area contributed by atoms with Gasteiger partial charge in [0.2, 0.25) is 5.91 Å². The number of carbonyl (C=O) groups is 4. The van der Waals surface area contributed by atoms with Crippen LogP contribution in [-0.2, 0) is 9.59 Å². The van der Waals surface area contributed by atoms with Crippen molar-refractivity contribution in [3.8, 4) is 5.75 Å². The smallest absolute Gasteiger partial charge is 0.279 e. The molecule has 30 heavy (non-hydrogen) atoms. The molecule has 0 fully saturated rings. The van der Waals surface area contributed by atoms with Gasteiger partial charge in [-0.3, -0.25) is 34.9 Å². The standard InChI is InChI=1S/C21H20FN3O5/c1-12-7-8-14-15(11-12)21(29)25(20(14)28)10-9-18(26)23-24-19(27)13(2)30-17-6-4-3-5-16(17)22/h3-8,11,13H,9-10H2,1-2H3,(H,23,26)(H,24,27). The molecule has 1 atom stereocenters. The monoisotopic (exact) mass is 413 g/mol. The van der Waals surface area contributed by atoms with E-state index in [1.54, 1.807) is 24.3 Å². The summed E-state index contributed by atoms with van der Waals surface area (Å²) in [6.07, 6.45) is -1.27. The lowest BCUT2D eigenvalue weighted by Gasteiger charge is -2.16. The SMILES string of the molecule is Cc1ccc2c(c1)C(=O)N(CCC(=O)NNC(=O)C(C)Oc1ccccc1F)C2=O. The summed E-state index contributed by atoms with van der Waals surface area (Å²) >= 11 is 0. The molecule has 0 aliphatic carbocycles. The molecule has 0 aromatic heterocycles. The maximum Gasteiger partial charge on any atom is 0.279 e. The minimum Gasteiger partial charge on any atom is -0.478 e. The van der Waals surface area contributed by atoms with E-state index in [1.165, 1.54) is 25.1 Å². The summed E-state index contributed by atoms with van der Waals surface area (Å²) < 4.78 is 18.8. The summed E-state index contributed by atoms with van der Waals surface area (Å²) in [6.45, 7) is 3.08. The summed E-state index contributed by atoms with van der Waals surface area (Å²) in [5.41, 5.74) is 5.82. The van der Waals surface area contributed by atoms with E-state index < -0.39 is 35.5 Å². The highest BCUT2D eigenvalue weighted by Crippen LogP contribution is 2.24. The average Bonchev–Trinajstić information content (AvgIpc) is 2.95. The predicted molar refractivity (Wildman–Crippen MR) is 104 cm³/mol. The minimum absolute atomic E-state index is 0.0904. The van der Waals surface area contributed by atoms with Crippen molar-refractivity contribution in [2.24, 2.45) is 0 Å². The second kappa shape index (κ2) is 8.73. The molecular weight excluding hydrogens is 393 g/mol. The zero-order chi connectivity index (χ0) is 21.8. The Morgan fingerprint density at radius 2 is 1.77 bits per heavy atom. The molecule has 9 heteroatoms. The first-order valence-electron chi connectivity index (χ1n) is 9.24. The number of benzene rings is 2.